The van der Waals surface area contributed by atoms with Crippen LogP contribution in [0.5, 0.6) is 0 Å². The Morgan fingerprint density at radius 2 is 1.93 bits per heavy atom. The van der Waals surface area contributed by atoms with Gasteiger partial charge in [0.05, 0.1) is 22.3 Å². The van der Waals surface area contributed by atoms with Crippen molar-refractivity contribution < 1.29 is 9.21 Å². The van der Waals surface area contributed by atoms with E-state index in [1.165, 1.54) is 24.8 Å². The fraction of sp³-hybridized carbons (Fsp3) is 0.323. The van der Waals surface area contributed by atoms with E-state index in [1.54, 1.807) is 12.3 Å². The van der Waals surface area contributed by atoms with Crippen LogP contribution in [0.2, 0.25) is 10.0 Å². The average Bonchev–Trinajstić information content (AvgIpc) is 3.18. The van der Waals surface area contributed by atoms with E-state index in [0.29, 0.717) is 22.3 Å². The highest BCUT2D eigenvalue weighted by Crippen LogP contribution is 2.24. The zero-order valence-corrected chi connectivity index (χ0v) is 25.4. The van der Waals surface area contributed by atoms with Crippen molar-refractivity contribution in [3.8, 4) is 19.0 Å². The number of fused-ring (bicyclic) bond motifs is 1. The highest BCUT2D eigenvalue weighted by Gasteiger charge is 2.10. The number of nitrogens with one attached hydrogen (secondary N) is 1. The van der Waals surface area contributed by atoms with Crippen LogP contribution < -0.4 is 11.1 Å². The minimum atomic E-state index is 0.0714. The molecule has 1 saturated heterocycles. The number of nitrogens with two attached hydrogens (primary N) is 1. The van der Waals surface area contributed by atoms with Crippen LogP contribution in [-0.4, -0.2) is 49.2 Å². The average molecular weight is 598 g/mol. The van der Waals surface area contributed by atoms with Gasteiger partial charge < -0.3 is 24.7 Å². The second-order valence-electron chi connectivity index (χ2n) is 9.29. The van der Waals surface area contributed by atoms with Crippen LogP contribution >= 0.6 is 23.2 Å². The Bertz CT molecular complexity index is 1360. The van der Waals surface area contributed by atoms with Gasteiger partial charge in [-0.3, -0.25) is 5.32 Å². The Morgan fingerprint density at radius 1 is 1.20 bits per heavy atom. The molecule has 2 aromatic carbocycles. The number of nitrogens with zero attached hydrogens (tertiary/aromatic N) is 4. The monoisotopic (exact) mass is 596 g/mol. The third-order valence-corrected chi connectivity index (χ3v) is 6.41. The van der Waals surface area contributed by atoms with Crippen LogP contribution in [0.4, 0.5) is 5.69 Å². The smallest absolute Gasteiger partial charge is 0.207 e. The Kier molecular flexibility index (Phi) is 16.4. The third-order valence-electron chi connectivity index (χ3n) is 5.67. The number of nitriles is 1. The van der Waals surface area contributed by atoms with E-state index in [2.05, 4.69) is 39.5 Å². The first-order valence-corrected chi connectivity index (χ1v) is 13.7. The van der Waals surface area contributed by atoms with Gasteiger partial charge in [-0.25, -0.2) is 4.99 Å². The number of aliphatic imine (C=N–C) groups is 1. The molecule has 1 aromatic heterocycles. The van der Waals surface area contributed by atoms with Crippen molar-refractivity contribution in [2.75, 3.05) is 27.2 Å². The number of carbonyl (C=O) groups is 1. The van der Waals surface area contributed by atoms with Gasteiger partial charge in [-0.1, -0.05) is 42.3 Å². The molecular weight excluding hydrogens is 559 g/mol. The number of aldehydes is 1. The lowest BCUT2D eigenvalue weighted by molar-refractivity contribution is -0.108. The van der Waals surface area contributed by atoms with E-state index in [0.717, 1.165) is 48.2 Å². The van der Waals surface area contributed by atoms with E-state index in [1.807, 2.05) is 57.4 Å². The molecule has 0 saturated carbocycles. The van der Waals surface area contributed by atoms with Crippen molar-refractivity contribution in [1.29, 1.82) is 5.26 Å². The molecule has 3 aromatic rings. The van der Waals surface area contributed by atoms with Crippen LogP contribution in [-0.2, 0) is 11.3 Å². The van der Waals surface area contributed by atoms with Crippen LogP contribution in [0.25, 0.3) is 11.0 Å². The number of terminal acetylenes is 1. The Balaban J connectivity index is 0.000000305. The van der Waals surface area contributed by atoms with Crippen LogP contribution in [0.1, 0.15) is 37.0 Å². The van der Waals surface area contributed by atoms with E-state index >= 15 is 0 Å². The largest absolute Gasteiger partial charge is 0.461 e. The first-order valence-electron chi connectivity index (χ1n) is 12.9. The molecule has 10 heteroatoms. The SMILES string of the molecule is C#C.C=C1CCCCCN1CC=O.CN(C)Cc1ccc(Cl)c(Cl)c1.Cc1cc2cc(N=C(N)NC#N)ccc2o1. The minimum absolute atomic E-state index is 0.0714. The molecule has 0 bridgehead atoms. The van der Waals surface area contributed by atoms with E-state index in [9.17, 15) is 4.79 Å². The summed E-state index contributed by atoms with van der Waals surface area (Å²) in [6.07, 6.45) is 15.4. The Labute approximate surface area is 253 Å². The summed E-state index contributed by atoms with van der Waals surface area (Å²) in [5, 5.41) is 12.8. The number of carbonyl (C=O) groups excluding carboxylic acids is 1. The van der Waals surface area contributed by atoms with Gasteiger partial charge in [0.25, 0.3) is 0 Å². The van der Waals surface area contributed by atoms with E-state index in [-0.39, 0.29) is 5.96 Å². The van der Waals surface area contributed by atoms with Crippen LogP contribution in [0.15, 0.2) is 64.2 Å². The highest BCUT2D eigenvalue weighted by atomic mass is 35.5. The Morgan fingerprint density at radius 3 is 2.56 bits per heavy atom. The molecule has 0 radical (unpaired) electrons. The molecule has 1 aliphatic heterocycles. The molecule has 0 spiro atoms. The van der Waals surface area contributed by atoms with Crippen LogP contribution in [0, 0.1) is 31.2 Å². The van der Waals surface area contributed by atoms with Crippen molar-refractivity contribution in [1.82, 2.24) is 15.1 Å². The van der Waals surface area contributed by atoms with Crippen molar-refractivity contribution in [3.63, 3.8) is 0 Å². The number of halogens is 2. The molecule has 0 amide bonds. The van der Waals surface area contributed by atoms with Gasteiger partial charge in [-0.2, -0.15) is 5.26 Å². The number of furan rings is 1. The first kappa shape index (κ1) is 35.1. The summed E-state index contributed by atoms with van der Waals surface area (Å²) in [7, 11) is 4.03. The first-order chi connectivity index (χ1) is 19.6. The summed E-state index contributed by atoms with van der Waals surface area (Å²) < 4.78 is 5.43. The van der Waals surface area contributed by atoms with Gasteiger partial charge in [0.15, 0.2) is 6.19 Å². The summed E-state index contributed by atoms with van der Waals surface area (Å²) in [4.78, 5) is 18.4. The van der Waals surface area contributed by atoms with Crippen molar-refractivity contribution >= 4 is 52.1 Å². The summed E-state index contributed by atoms with van der Waals surface area (Å²) in [5.41, 5.74) is 9.25. The number of aryl methyl sites for hydroxylation is 1. The predicted molar refractivity (Wildman–Crippen MR) is 170 cm³/mol. The lowest BCUT2D eigenvalue weighted by Crippen LogP contribution is -2.26. The normalized spacial score (nSPS) is 12.9. The molecule has 2 heterocycles. The van der Waals surface area contributed by atoms with Gasteiger partial charge in [-0.15, -0.1) is 12.8 Å². The number of hydrogen-bond acceptors (Lipinski definition) is 6. The number of hydrogen-bond donors (Lipinski definition) is 2. The third kappa shape index (κ3) is 13.3. The van der Waals surface area contributed by atoms with Crippen LogP contribution in [0.3, 0.4) is 0 Å². The topological polar surface area (TPSA) is 111 Å². The van der Waals surface area contributed by atoms with Gasteiger partial charge in [0, 0.05) is 24.2 Å². The van der Waals surface area contributed by atoms with Crippen molar-refractivity contribution in [2.24, 2.45) is 10.7 Å². The summed E-state index contributed by atoms with van der Waals surface area (Å²) >= 11 is 11.6. The number of likely N-dealkylation sites (tertiary alicyclic amines) is 1. The van der Waals surface area contributed by atoms with Gasteiger partial charge in [0.2, 0.25) is 5.96 Å². The molecule has 0 unspecified atom stereocenters. The number of benzene rings is 2. The quantitative estimate of drug-likeness (QED) is 0.0848. The molecule has 41 heavy (non-hydrogen) atoms. The molecule has 1 fully saturated rings. The predicted octanol–water partition coefficient (Wildman–Crippen LogP) is 6.64. The second-order valence-corrected chi connectivity index (χ2v) is 10.1. The minimum Gasteiger partial charge on any atom is -0.461 e. The number of allylic oxidation sites excluding steroid dienone is 1. The summed E-state index contributed by atoms with van der Waals surface area (Å²) in [6, 6.07) is 13.1. The Hall–Kier alpha value is -3.95. The van der Waals surface area contributed by atoms with Gasteiger partial charge >= 0.3 is 0 Å². The second kappa shape index (κ2) is 19.2. The number of rotatable bonds is 5. The standard InChI is InChI=1S/C11H10N4O.C9H11Cl2N.C9H15NO.C2H2/c1-7-4-8-5-9(2-3-10(8)16-7)15-11(13)14-6-12;1-12(2)6-7-3-4-8(10)9(11)5-7;1-9-5-3-2-4-6-10(9)7-8-11;1-2/h2-5H,1H3,(H3,13,14,15);3-5H,6H2,1-2H3;8H,1-7H2;1-2H. The van der Waals surface area contributed by atoms with E-state index in [4.69, 9.17) is 38.6 Å². The lowest BCUT2D eigenvalue weighted by atomic mass is 10.2. The van der Waals surface area contributed by atoms with Crippen molar-refractivity contribution in [3.05, 3.63) is 76.1 Å². The summed E-state index contributed by atoms with van der Waals surface area (Å²) in [5.74, 6) is 0.918. The number of guanidine groups is 1. The van der Waals surface area contributed by atoms with Gasteiger partial charge in [0.1, 0.15) is 17.6 Å². The maximum Gasteiger partial charge on any atom is 0.207 e. The zero-order valence-electron chi connectivity index (χ0n) is 23.9. The molecule has 8 nitrogen and oxygen atoms in total. The van der Waals surface area contributed by atoms with Crippen molar-refractivity contribution in [2.45, 2.75) is 39.2 Å². The van der Waals surface area contributed by atoms with Gasteiger partial charge in [-0.05, 0) is 82.2 Å². The molecule has 218 valence electrons. The highest BCUT2D eigenvalue weighted by molar-refractivity contribution is 6.42. The molecule has 3 N–H and O–H groups in total. The lowest BCUT2D eigenvalue weighted by Gasteiger charge is -2.21. The van der Waals surface area contributed by atoms with E-state index < -0.39 is 0 Å². The fourth-order valence-electron chi connectivity index (χ4n) is 3.90. The maximum absolute atomic E-state index is 10.2. The zero-order chi connectivity index (χ0) is 30.8. The fourth-order valence-corrected chi connectivity index (χ4v) is 4.22. The molecule has 0 atom stereocenters. The summed E-state index contributed by atoms with van der Waals surface area (Å²) in [6.45, 7) is 8.25. The molecule has 1 aliphatic rings. The molecule has 0 aliphatic carbocycles. The molecule has 4 rings (SSSR count). The maximum atomic E-state index is 10.2. The molecular formula is C31H38Cl2N6O2.